The van der Waals surface area contributed by atoms with Crippen LogP contribution in [0, 0.1) is 6.92 Å². The van der Waals surface area contributed by atoms with Gasteiger partial charge in [0, 0.05) is 23.2 Å². The first-order valence-electron chi connectivity index (χ1n) is 6.33. The van der Waals surface area contributed by atoms with Crippen LogP contribution < -0.4 is 5.73 Å². The van der Waals surface area contributed by atoms with Gasteiger partial charge in [0.25, 0.3) is 0 Å². The van der Waals surface area contributed by atoms with Gasteiger partial charge in [0.1, 0.15) is 0 Å². The van der Waals surface area contributed by atoms with Crippen molar-refractivity contribution >= 4 is 31.6 Å². The van der Waals surface area contributed by atoms with E-state index in [1.807, 2.05) is 13.8 Å². The third-order valence-electron chi connectivity index (χ3n) is 3.37. The van der Waals surface area contributed by atoms with E-state index >= 15 is 0 Å². The molecule has 5 nitrogen and oxygen atoms in total. The lowest BCUT2D eigenvalue weighted by atomic mass is 10.1. The van der Waals surface area contributed by atoms with Gasteiger partial charge in [0.05, 0.1) is 17.1 Å². The molecule has 0 amide bonds. The van der Waals surface area contributed by atoms with Crippen LogP contribution in [0.15, 0.2) is 21.5 Å². The monoisotopic (exact) mass is 362 g/mol. The van der Waals surface area contributed by atoms with Crippen LogP contribution in [0.25, 0.3) is 0 Å². The average Bonchev–Trinajstić information content (AvgIpc) is 2.32. The highest BCUT2D eigenvalue weighted by Crippen LogP contribution is 2.30. The number of morpholine rings is 1. The Morgan fingerprint density at radius 3 is 2.65 bits per heavy atom. The first-order valence-corrected chi connectivity index (χ1v) is 8.56. The molecule has 7 heteroatoms. The van der Waals surface area contributed by atoms with Gasteiger partial charge in [0.15, 0.2) is 0 Å². The van der Waals surface area contributed by atoms with Crippen molar-refractivity contribution in [3.8, 4) is 0 Å². The average molecular weight is 363 g/mol. The van der Waals surface area contributed by atoms with Crippen molar-refractivity contribution in [1.29, 1.82) is 0 Å². The maximum absolute atomic E-state index is 12.8. The highest BCUT2D eigenvalue weighted by molar-refractivity contribution is 9.10. The molecule has 1 fully saturated rings. The molecule has 20 heavy (non-hydrogen) atoms. The second-order valence-corrected chi connectivity index (χ2v) is 8.39. The first-order chi connectivity index (χ1) is 9.13. The summed E-state index contributed by atoms with van der Waals surface area (Å²) in [5.74, 6) is 0. The van der Waals surface area contributed by atoms with Crippen molar-refractivity contribution in [1.82, 2.24) is 4.31 Å². The Balaban J connectivity index is 2.46. The van der Waals surface area contributed by atoms with Crippen molar-refractivity contribution in [2.75, 3.05) is 25.4 Å². The predicted molar refractivity (Wildman–Crippen MR) is 82.1 cm³/mol. The molecule has 2 N–H and O–H groups in total. The number of rotatable bonds is 2. The maximum atomic E-state index is 12.8. The molecular weight excluding hydrogens is 344 g/mol. The number of nitrogens with two attached hydrogens (primary N) is 1. The molecule has 112 valence electrons. The highest BCUT2D eigenvalue weighted by atomic mass is 79.9. The van der Waals surface area contributed by atoms with Crippen molar-refractivity contribution in [3.63, 3.8) is 0 Å². The third kappa shape index (κ3) is 3.00. The molecule has 1 aliphatic rings. The van der Waals surface area contributed by atoms with Crippen LogP contribution in [0.1, 0.15) is 19.4 Å². The van der Waals surface area contributed by atoms with E-state index in [0.717, 1.165) is 0 Å². The van der Waals surface area contributed by atoms with Crippen LogP contribution in [0.2, 0.25) is 0 Å². The molecule has 0 bridgehead atoms. The second-order valence-electron chi connectivity index (χ2n) is 5.56. The van der Waals surface area contributed by atoms with Gasteiger partial charge in [-0.05, 0) is 38.5 Å². The second kappa shape index (κ2) is 5.29. The molecule has 0 saturated carbocycles. The number of nitrogens with zero attached hydrogens (tertiary/aromatic N) is 1. The molecule has 0 radical (unpaired) electrons. The molecule has 0 atom stereocenters. The summed E-state index contributed by atoms with van der Waals surface area (Å²) in [6.07, 6.45) is 0. The molecular formula is C13H19BrN2O3S. The van der Waals surface area contributed by atoms with Gasteiger partial charge >= 0.3 is 0 Å². The summed E-state index contributed by atoms with van der Waals surface area (Å²) in [5, 5.41) is 0. The standard InChI is InChI=1S/C13H19BrN2O3S/c1-9-11(15)6-10(14)7-12(9)20(17,18)16-4-5-19-13(2,3)8-16/h6-7H,4-5,8,15H2,1-3H3. The minimum atomic E-state index is -3.57. The number of hydrogen-bond donors (Lipinski definition) is 1. The highest BCUT2D eigenvalue weighted by Gasteiger charge is 2.35. The number of nitrogen functional groups attached to an aromatic ring is 1. The molecule has 2 rings (SSSR count). The zero-order chi connectivity index (χ0) is 15.1. The fourth-order valence-electron chi connectivity index (χ4n) is 2.26. The lowest BCUT2D eigenvalue weighted by Crippen LogP contribution is -2.50. The normalized spacial score (nSPS) is 20.0. The van der Waals surface area contributed by atoms with Gasteiger partial charge in [-0.15, -0.1) is 0 Å². The van der Waals surface area contributed by atoms with Gasteiger partial charge in [-0.1, -0.05) is 15.9 Å². The van der Waals surface area contributed by atoms with Crippen molar-refractivity contribution in [3.05, 3.63) is 22.2 Å². The van der Waals surface area contributed by atoms with E-state index < -0.39 is 15.6 Å². The number of ether oxygens (including phenoxy) is 1. The van der Waals surface area contributed by atoms with Gasteiger partial charge in [-0.3, -0.25) is 0 Å². The fraction of sp³-hybridized carbons (Fsp3) is 0.538. The molecule has 0 unspecified atom stereocenters. The van der Waals surface area contributed by atoms with Crippen LogP contribution in [0.5, 0.6) is 0 Å². The van der Waals surface area contributed by atoms with E-state index in [2.05, 4.69) is 15.9 Å². The van der Waals surface area contributed by atoms with Crippen molar-refractivity contribution in [2.24, 2.45) is 0 Å². The third-order valence-corrected chi connectivity index (χ3v) is 5.80. The molecule has 0 spiro atoms. The summed E-state index contributed by atoms with van der Waals surface area (Å²) in [6.45, 7) is 6.58. The van der Waals surface area contributed by atoms with Crippen LogP contribution >= 0.6 is 15.9 Å². The summed E-state index contributed by atoms with van der Waals surface area (Å²) in [4.78, 5) is 0.252. The molecule has 0 aliphatic carbocycles. The SMILES string of the molecule is Cc1c(N)cc(Br)cc1S(=O)(=O)N1CCOC(C)(C)C1. The lowest BCUT2D eigenvalue weighted by Gasteiger charge is -2.37. The topological polar surface area (TPSA) is 72.6 Å². The largest absolute Gasteiger partial charge is 0.398 e. The summed E-state index contributed by atoms with van der Waals surface area (Å²) < 4.78 is 33.3. The van der Waals surface area contributed by atoms with Crippen LogP contribution in [0.4, 0.5) is 5.69 Å². The first kappa shape index (κ1) is 15.8. The smallest absolute Gasteiger partial charge is 0.243 e. The number of halogens is 1. The molecule has 1 saturated heterocycles. The molecule has 1 aromatic rings. The Hall–Kier alpha value is -0.630. The minimum Gasteiger partial charge on any atom is -0.398 e. The Kier molecular flexibility index (Phi) is 4.17. The number of anilines is 1. The summed E-state index contributed by atoms with van der Waals surface area (Å²) in [7, 11) is -3.57. The molecule has 1 heterocycles. The number of sulfonamides is 1. The van der Waals surface area contributed by atoms with Gasteiger partial charge in [-0.2, -0.15) is 4.31 Å². The molecule has 1 aliphatic heterocycles. The van der Waals surface area contributed by atoms with Crippen molar-refractivity contribution < 1.29 is 13.2 Å². The van der Waals surface area contributed by atoms with Crippen LogP contribution in [-0.4, -0.2) is 38.0 Å². The van der Waals surface area contributed by atoms with E-state index in [-0.39, 0.29) is 4.90 Å². The maximum Gasteiger partial charge on any atom is 0.243 e. The van der Waals surface area contributed by atoms with Crippen LogP contribution in [0.3, 0.4) is 0 Å². The summed E-state index contributed by atoms with van der Waals surface area (Å²) in [5.41, 5.74) is 6.43. The fourth-order valence-corrected chi connectivity index (χ4v) is 4.74. The van der Waals surface area contributed by atoms with E-state index in [0.29, 0.717) is 35.4 Å². The minimum absolute atomic E-state index is 0.252. The summed E-state index contributed by atoms with van der Waals surface area (Å²) in [6, 6.07) is 3.31. The van der Waals surface area contributed by atoms with Gasteiger partial charge < -0.3 is 10.5 Å². The number of benzene rings is 1. The Morgan fingerprint density at radius 2 is 2.05 bits per heavy atom. The Bertz CT molecular complexity index is 629. The van der Waals surface area contributed by atoms with Gasteiger partial charge in [0.2, 0.25) is 10.0 Å². The van der Waals surface area contributed by atoms with E-state index in [1.54, 1.807) is 19.1 Å². The zero-order valence-electron chi connectivity index (χ0n) is 11.8. The lowest BCUT2D eigenvalue weighted by molar-refractivity contribution is -0.0640. The van der Waals surface area contributed by atoms with E-state index in [4.69, 9.17) is 10.5 Å². The zero-order valence-corrected chi connectivity index (χ0v) is 14.2. The van der Waals surface area contributed by atoms with Gasteiger partial charge in [-0.25, -0.2) is 8.42 Å². The Morgan fingerprint density at radius 1 is 1.40 bits per heavy atom. The summed E-state index contributed by atoms with van der Waals surface area (Å²) >= 11 is 3.30. The van der Waals surface area contributed by atoms with E-state index in [9.17, 15) is 8.42 Å². The van der Waals surface area contributed by atoms with Crippen LogP contribution in [-0.2, 0) is 14.8 Å². The quantitative estimate of drug-likeness (QED) is 0.818. The molecule has 0 aromatic heterocycles. The molecule has 1 aromatic carbocycles. The van der Waals surface area contributed by atoms with E-state index in [1.165, 1.54) is 4.31 Å². The van der Waals surface area contributed by atoms with Crippen molar-refractivity contribution in [2.45, 2.75) is 31.3 Å². The predicted octanol–water partition coefficient (Wildman–Crippen LogP) is 2.14. The Labute approximate surface area is 128 Å². The number of hydrogen-bond acceptors (Lipinski definition) is 4.